The number of benzene rings is 2. The fourth-order valence-corrected chi connectivity index (χ4v) is 2.63. The van der Waals surface area contributed by atoms with Crippen molar-refractivity contribution in [3.8, 4) is 0 Å². The molecule has 2 aromatic rings. The highest BCUT2D eigenvalue weighted by Crippen LogP contribution is 2.28. The van der Waals surface area contributed by atoms with E-state index in [0.29, 0.717) is 5.56 Å². The summed E-state index contributed by atoms with van der Waals surface area (Å²) in [6.45, 7) is 1.50. The Morgan fingerprint density at radius 2 is 1.54 bits per heavy atom. The van der Waals surface area contributed by atoms with Crippen molar-refractivity contribution in [2.75, 3.05) is 0 Å². The molecule has 3 N–H and O–H groups in total. The number of imide groups is 1. The third kappa shape index (κ3) is 3.07. The summed E-state index contributed by atoms with van der Waals surface area (Å²) in [5, 5.41) is 15.1. The van der Waals surface area contributed by atoms with Crippen LogP contribution in [0.5, 0.6) is 0 Å². The van der Waals surface area contributed by atoms with Crippen LogP contribution >= 0.6 is 0 Å². The van der Waals surface area contributed by atoms with Crippen LogP contribution in [0.15, 0.2) is 54.6 Å². The molecule has 0 aliphatic carbocycles. The van der Waals surface area contributed by atoms with Gasteiger partial charge in [0, 0.05) is 0 Å². The lowest BCUT2D eigenvalue weighted by Crippen LogP contribution is -2.49. The second kappa shape index (κ2) is 6.29. The van der Waals surface area contributed by atoms with Crippen LogP contribution in [-0.4, -0.2) is 22.6 Å². The summed E-state index contributed by atoms with van der Waals surface area (Å²) < 4.78 is 0. The molecular formula is C19H18N2O3. The maximum atomic E-state index is 11.9. The highest BCUT2D eigenvalue weighted by molar-refractivity contribution is 6.07. The highest BCUT2D eigenvalue weighted by atomic mass is 16.3. The summed E-state index contributed by atoms with van der Waals surface area (Å²) in [5.74, 6) is -0.534. The minimum absolute atomic E-state index is 0.534. The molecule has 24 heavy (non-hydrogen) atoms. The van der Waals surface area contributed by atoms with Crippen molar-refractivity contribution in [1.82, 2.24) is 10.6 Å². The summed E-state index contributed by atoms with van der Waals surface area (Å²) in [6.07, 6.45) is 2.84. The van der Waals surface area contributed by atoms with E-state index in [1.807, 2.05) is 54.6 Å². The van der Waals surface area contributed by atoms with Gasteiger partial charge in [-0.1, -0.05) is 66.7 Å². The third-order valence-electron chi connectivity index (χ3n) is 4.14. The SMILES string of the molecule is CC1(C(O)c2ccc(C=Cc3ccccc3)cc2)NC(=O)NC1=O. The molecule has 1 heterocycles. The lowest BCUT2D eigenvalue weighted by atomic mass is 9.89. The van der Waals surface area contributed by atoms with E-state index in [1.54, 1.807) is 12.1 Å². The molecule has 1 aliphatic heterocycles. The Morgan fingerprint density at radius 3 is 2.08 bits per heavy atom. The fourth-order valence-electron chi connectivity index (χ4n) is 2.63. The van der Waals surface area contributed by atoms with Crippen molar-refractivity contribution < 1.29 is 14.7 Å². The van der Waals surface area contributed by atoms with Crippen LogP contribution in [0.25, 0.3) is 12.2 Å². The Bertz CT molecular complexity index is 784. The zero-order chi connectivity index (χ0) is 17.2. The van der Waals surface area contributed by atoms with Gasteiger partial charge in [0.2, 0.25) is 0 Å². The Kier molecular flexibility index (Phi) is 4.18. The normalized spacial score (nSPS) is 21.6. The lowest BCUT2D eigenvalue weighted by molar-refractivity contribution is -0.127. The van der Waals surface area contributed by atoms with Crippen LogP contribution in [0, 0.1) is 0 Å². The maximum absolute atomic E-state index is 11.9. The van der Waals surface area contributed by atoms with E-state index in [-0.39, 0.29) is 0 Å². The molecule has 5 heteroatoms. The summed E-state index contributed by atoms with van der Waals surface area (Å²) in [5.41, 5.74) is 1.27. The smallest absolute Gasteiger partial charge is 0.322 e. The molecule has 3 rings (SSSR count). The second-order valence-corrected chi connectivity index (χ2v) is 5.92. The average molecular weight is 322 g/mol. The Hall–Kier alpha value is -2.92. The molecule has 1 saturated heterocycles. The lowest BCUT2D eigenvalue weighted by Gasteiger charge is -2.27. The van der Waals surface area contributed by atoms with Gasteiger partial charge in [-0.15, -0.1) is 0 Å². The van der Waals surface area contributed by atoms with Gasteiger partial charge in [0.05, 0.1) is 0 Å². The van der Waals surface area contributed by atoms with Gasteiger partial charge >= 0.3 is 6.03 Å². The van der Waals surface area contributed by atoms with Gasteiger partial charge in [-0.25, -0.2) is 4.79 Å². The maximum Gasteiger partial charge on any atom is 0.322 e. The van der Waals surface area contributed by atoms with Crippen molar-refractivity contribution in [3.63, 3.8) is 0 Å². The van der Waals surface area contributed by atoms with E-state index in [4.69, 9.17) is 0 Å². The molecule has 0 aromatic heterocycles. The highest BCUT2D eigenvalue weighted by Gasteiger charge is 2.48. The van der Waals surface area contributed by atoms with Crippen molar-refractivity contribution in [1.29, 1.82) is 0 Å². The number of urea groups is 1. The van der Waals surface area contributed by atoms with Crippen molar-refractivity contribution in [3.05, 3.63) is 71.3 Å². The first-order valence-electron chi connectivity index (χ1n) is 7.64. The van der Waals surface area contributed by atoms with Gasteiger partial charge in [-0.05, 0) is 23.6 Å². The third-order valence-corrected chi connectivity index (χ3v) is 4.14. The number of rotatable bonds is 4. The van der Waals surface area contributed by atoms with E-state index >= 15 is 0 Å². The van der Waals surface area contributed by atoms with Crippen LogP contribution in [-0.2, 0) is 4.79 Å². The van der Waals surface area contributed by atoms with E-state index in [1.165, 1.54) is 6.92 Å². The molecule has 2 aromatic carbocycles. The number of carbonyl (C=O) groups is 2. The van der Waals surface area contributed by atoms with Crippen molar-refractivity contribution >= 4 is 24.1 Å². The zero-order valence-corrected chi connectivity index (χ0v) is 13.2. The molecule has 0 spiro atoms. The van der Waals surface area contributed by atoms with E-state index in [0.717, 1.165) is 11.1 Å². The predicted octanol–water partition coefficient (Wildman–Crippen LogP) is 2.49. The molecule has 3 amide bonds. The summed E-state index contributed by atoms with van der Waals surface area (Å²) in [7, 11) is 0. The zero-order valence-electron chi connectivity index (χ0n) is 13.2. The number of hydrogen-bond donors (Lipinski definition) is 3. The van der Waals surface area contributed by atoms with Crippen molar-refractivity contribution in [2.24, 2.45) is 0 Å². The number of hydrogen-bond acceptors (Lipinski definition) is 3. The van der Waals surface area contributed by atoms with Crippen molar-refractivity contribution in [2.45, 2.75) is 18.6 Å². The van der Waals surface area contributed by atoms with Gasteiger partial charge in [-0.2, -0.15) is 0 Å². The van der Waals surface area contributed by atoms with Crippen LogP contribution in [0.1, 0.15) is 29.7 Å². The average Bonchev–Trinajstić information content (AvgIpc) is 2.87. The van der Waals surface area contributed by atoms with Crippen LogP contribution in [0.3, 0.4) is 0 Å². The van der Waals surface area contributed by atoms with Crippen LogP contribution < -0.4 is 10.6 Å². The Morgan fingerprint density at radius 1 is 0.958 bits per heavy atom. The van der Waals surface area contributed by atoms with Crippen LogP contribution in [0.2, 0.25) is 0 Å². The molecule has 122 valence electrons. The summed E-state index contributed by atoms with van der Waals surface area (Å²) in [6, 6.07) is 16.5. The minimum Gasteiger partial charge on any atom is -0.385 e. The number of carbonyl (C=O) groups excluding carboxylic acids is 2. The second-order valence-electron chi connectivity index (χ2n) is 5.92. The monoisotopic (exact) mass is 322 g/mol. The van der Waals surface area contributed by atoms with Gasteiger partial charge in [-0.3, -0.25) is 10.1 Å². The fraction of sp³-hybridized carbons (Fsp3) is 0.158. The number of aliphatic hydroxyl groups excluding tert-OH is 1. The molecule has 0 radical (unpaired) electrons. The van der Waals surface area contributed by atoms with E-state index in [9.17, 15) is 14.7 Å². The first-order chi connectivity index (χ1) is 11.5. The van der Waals surface area contributed by atoms with Gasteiger partial charge in [0.25, 0.3) is 5.91 Å². The largest absolute Gasteiger partial charge is 0.385 e. The molecule has 1 fully saturated rings. The molecule has 0 bridgehead atoms. The molecule has 0 saturated carbocycles. The van der Waals surface area contributed by atoms with Gasteiger partial charge in [0.1, 0.15) is 11.6 Å². The van der Waals surface area contributed by atoms with E-state index < -0.39 is 23.6 Å². The van der Waals surface area contributed by atoms with Gasteiger partial charge in [0.15, 0.2) is 0 Å². The molecular weight excluding hydrogens is 304 g/mol. The summed E-state index contributed by atoms with van der Waals surface area (Å²) in [4.78, 5) is 23.2. The Labute approximate surface area is 140 Å². The number of amides is 3. The number of nitrogens with one attached hydrogen (secondary N) is 2. The molecule has 5 nitrogen and oxygen atoms in total. The van der Waals surface area contributed by atoms with E-state index in [2.05, 4.69) is 10.6 Å². The first kappa shape index (κ1) is 16.0. The van der Waals surface area contributed by atoms with Gasteiger partial charge < -0.3 is 10.4 Å². The topological polar surface area (TPSA) is 78.4 Å². The minimum atomic E-state index is -1.36. The Balaban J connectivity index is 1.76. The predicted molar refractivity (Wildman–Crippen MR) is 91.9 cm³/mol. The summed E-state index contributed by atoms with van der Waals surface area (Å²) >= 11 is 0. The molecule has 1 aliphatic rings. The van der Waals surface area contributed by atoms with Crippen LogP contribution in [0.4, 0.5) is 4.79 Å². The molecule has 2 unspecified atom stereocenters. The quantitative estimate of drug-likeness (QED) is 0.598. The molecule has 2 atom stereocenters. The number of aliphatic hydroxyl groups is 1. The first-order valence-corrected chi connectivity index (χ1v) is 7.64. The standard InChI is InChI=1S/C19H18N2O3/c1-19(17(23)20-18(24)21-19)16(22)15-11-9-14(10-12-15)8-7-13-5-3-2-4-6-13/h2-12,16,22H,1H3,(H2,20,21,23,24).